The van der Waals surface area contributed by atoms with Crippen LogP contribution in [0.25, 0.3) is 16.7 Å². The molecule has 0 saturated heterocycles. The van der Waals surface area contributed by atoms with Gasteiger partial charge >= 0.3 is 6.18 Å². The van der Waals surface area contributed by atoms with Crippen LogP contribution in [-0.4, -0.2) is 14.4 Å². The van der Waals surface area contributed by atoms with Crippen molar-refractivity contribution in [2.45, 2.75) is 6.18 Å². The van der Waals surface area contributed by atoms with E-state index in [1.807, 2.05) is 4.40 Å². The van der Waals surface area contributed by atoms with Crippen LogP contribution < -0.4 is 5.32 Å². The van der Waals surface area contributed by atoms with E-state index in [9.17, 15) is 13.2 Å². The van der Waals surface area contributed by atoms with Crippen LogP contribution in [0.1, 0.15) is 5.56 Å². The minimum Gasteiger partial charge on any atom is -0.337 e. The number of imidazole rings is 1. The van der Waals surface area contributed by atoms with Crippen molar-refractivity contribution in [3.63, 3.8) is 0 Å². The van der Waals surface area contributed by atoms with Gasteiger partial charge in [0, 0.05) is 23.1 Å². The number of nitrogens with one attached hydrogen (secondary N) is 1. The fraction of sp³-hybridized carbons (Fsp3) is 0.0588. The van der Waals surface area contributed by atoms with Crippen LogP contribution in [0.2, 0.25) is 5.02 Å². The number of benzene rings is 2. The first-order valence-electron chi connectivity index (χ1n) is 7.28. The summed E-state index contributed by atoms with van der Waals surface area (Å²) in [6.45, 7) is 0. The highest BCUT2D eigenvalue weighted by Crippen LogP contribution is 2.31. The summed E-state index contributed by atoms with van der Waals surface area (Å²) in [5.41, 5.74) is 1.81. The van der Waals surface area contributed by atoms with E-state index >= 15 is 0 Å². The number of halogens is 4. The van der Waals surface area contributed by atoms with Gasteiger partial charge in [-0.2, -0.15) is 13.2 Å². The number of rotatable bonds is 2. The van der Waals surface area contributed by atoms with Crippen molar-refractivity contribution >= 4 is 39.8 Å². The molecule has 2 aromatic heterocycles. The average Bonchev–Trinajstić information content (AvgIpc) is 3.05. The molecule has 4 nitrogen and oxygen atoms in total. The lowest BCUT2D eigenvalue weighted by Crippen LogP contribution is -2.05. The van der Waals surface area contributed by atoms with Gasteiger partial charge in [-0.15, -0.1) is 0 Å². The first-order chi connectivity index (χ1) is 11.9. The molecule has 0 aliphatic heterocycles. The van der Waals surface area contributed by atoms with Gasteiger partial charge in [0.1, 0.15) is 0 Å². The van der Waals surface area contributed by atoms with E-state index in [1.165, 1.54) is 12.1 Å². The summed E-state index contributed by atoms with van der Waals surface area (Å²) in [4.78, 5) is 8.77. The van der Waals surface area contributed by atoms with Crippen molar-refractivity contribution in [3.05, 3.63) is 65.4 Å². The monoisotopic (exact) mass is 362 g/mol. The summed E-state index contributed by atoms with van der Waals surface area (Å²) in [7, 11) is 0. The van der Waals surface area contributed by atoms with E-state index in [-0.39, 0.29) is 0 Å². The molecule has 0 aliphatic rings. The lowest BCUT2D eigenvalue weighted by molar-refractivity contribution is -0.137. The highest BCUT2D eigenvalue weighted by molar-refractivity contribution is 6.31. The highest BCUT2D eigenvalue weighted by Gasteiger charge is 2.29. The number of hydrogen-bond donors (Lipinski definition) is 1. The molecule has 0 spiro atoms. The molecule has 4 aromatic rings. The normalized spacial score (nSPS) is 12.0. The van der Waals surface area contributed by atoms with Gasteiger partial charge in [0.25, 0.3) is 0 Å². The van der Waals surface area contributed by atoms with E-state index in [0.29, 0.717) is 27.7 Å². The first kappa shape index (κ1) is 15.7. The third kappa shape index (κ3) is 2.87. The standard InChI is InChI=1S/C17H10ClF3N4/c18-11-3-6-13-14(9-11)25-8-7-22-16(25)15(24-13)23-12-4-1-10(2-5-12)17(19,20)21/h1-9H,(H,23,24). The minimum absolute atomic E-state index is 0.444. The zero-order valence-electron chi connectivity index (χ0n) is 12.5. The van der Waals surface area contributed by atoms with Crippen LogP contribution in [0.4, 0.5) is 24.7 Å². The summed E-state index contributed by atoms with van der Waals surface area (Å²) >= 11 is 6.04. The minimum atomic E-state index is -4.37. The Bertz CT molecular complexity index is 1070. The van der Waals surface area contributed by atoms with Gasteiger partial charge in [-0.05, 0) is 42.5 Å². The van der Waals surface area contributed by atoms with Gasteiger partial charge in [-0.1, -0.05) is 11.6 Å². The summed E-state index contributed by atoms with van der Waals surface area (Å²) in [6, 6.07) is 10.0. The molecule has 0 saturated carbocycles. The lowest BCUT2D eigenvalue weighted by atomic mass is 10.2. The summed E-state index contributed by atoms with van der Waals surface area (Å²) in [5.74, 6) is 0.444. The number of aromatic nitrogens is 3. The molecule has 2 heterocycles. The van der Waals surface area contributed by atoms with Gasteiger partial charge in [-0.3, -0.25) is 4.40 Å². The van der Waals surface area contributed by atoms with Crippen LogP contribution >= 0.6 is 11.6 Å². The predicted molar refractivity (Wildman–Crippen MR) is 90.2 cm³/mol. The van der Waals surface area contributed by atoms with Gasteiger partial charge in [0.15, 0.2) is 11.5 Å². The Labute approximate surface area is 144 Å². The Morgan fingerprint density at radius 1 is 1.04 bits per heavy atom. The van der Waals surface area contributed by atoms with Crippen LogP contribution in [0, 0.1) is 0 Å². The Morgan fingerprint density at radius 2 is 1.80 bits per heavy atom. The number of alkyl halides is 3. The molecule has 0 unspecified atom stereocenters. The Balaban J connectivity index is 1.78. The second-order valence-electron chi connectivity index (χ2n) is 5.41. The third-order valence-electron chi connectivity index (χ3n) is 3.76. The maximum Gasteiger partial charge on any atom is 0.416 e. The fourth-order valence-electron chi connectivity index (χ4n) is 2.59. The molecule has 8 heteroatoms. The maximum atomic E-state index is 12.7. The third-order valence-corrected chi connectivity index (χ3v) is 3.99. The van der Waals surface area contributed by atoms with Crippen LogP contribution in [0.3, 0.4) is 0 Å². The second-order valence-corrected chi connectivity index (χ2v) is 5.85. The van der Waals surface area contributed by atoms with Gasteiger partial charge in [0.2, 0.25) is 0 Å². The van der Waals surface area contributed by atoms with Crippen molar-refractivity contribution in [1.29, 1.82) is 0 Å². The lowest BCUT2D eigenvalue weighted by Gasteiger charge is -2.11. The summed E-state index contributed by atoms with van der Waals surface area (Å²) < 4.78 is 39.8. The smallest absolute Gasteiger partial charge is 0.337 e. The van der Waals surface area contributed by atoms with Crippen molar-refractivity contribution in [2.24, 2.45) is 0 Å². The van der Waals surface area contributed by atoms with E-state index in [2.05, 4.69) is 15.3 Å². The quantitative estimate of drug-likeness (QED) is 0.526. The molecular weight excluding hydrogens is 353 g/mol. The second kappa shape index (κ2) is 5.63. The van der Waals surface area contributed by atoms with Crippen LogP contribution in [0.15, 0.2) is 54.9 Å². The Kier molecular flexibility index (Phi) is 3.54. The number of anilines is 2. The van der Waals surface area contributed by atoms with E-state index in [4.69, 9.17) is 11.6 Å². The van der Waals surface area contributed by atoms with E-state index < -0.39 is 11.7 Å². The molecule has 0 fully saturated rings. The zero-order valence-corrected chi connectivity index (χ0v) is 13.3. The molecule has 0 aliphatic carbocycles. The largest absolute Gasteiger partial charge is 0.416 e. The molecule has 2 aromatic carbocycles. The van der Waals surface area contributed by atoms with Gasteiger partial charge in [0.05, 0.1) is 16.6 Å². The average molecular weight is 363 g/mol. The van der Waals surface area contributed by atoms with Crippen LogP contribution in [0.5, 0.6) is 0 Å². The molecule has 4 rings (SSSR count). The molecular formula is C17H10ClF3N4. The molecule has 0 radical (unpaired) electrons. The van der Waals surface area contributed by atoms with E-state index in [0.717, 1.165) is 17.6 Å². The summed E-state index contributed by atoms with van der Waals surface area (Å²) in [6.07, 6.45) is -0.974. The van der Waals surface area contributed by atoms with Crippen molar-refractivity contribution < 1.29 is 13.2 Å². The van der Waals surface area contributed by atoms with E-state index in [1.54, 1.807) is 30.6 Å². The summed E-state index contributed by atoms with van der Waals surface area (Å²) in [5, 5.41) is 3.60. The Morgan fingerprint density at radius 3 is 2.52 bits per heavy atom. The number of nitrogens with zero attached hydrogens (tertiary/aromatic N) is 3. The zero-order chi connectivity index (χ0) is 17.6. The van der Waals surface area contributed by atoms with Gasteiger partial charge < -0.3 is 5.32 Å². The van der Waals surface area contributed by atoms with Crippen molar-refractivity contribution in [2.75, 3.05) is 5.32 Å². The fourth-order valence-corrected chi connectivity index (χ4v) is 2.76. The van der Waals surface area contributed by atoms with Gasteiger partial charge in [-0.25, -0.2) is 9.97 Å². The predicted octanol–water partition coefficient (Wildman–Crippen LogP) is 5.30. The number of fused-ring (bicyclic) bond motifs is 3. The Hall–Kier alpha value is -2.80. The molecule has 0 atom stereocenters. The van der Waals surface area contributed by atoms with Crippen LogP contribution in [-0.2, 0) is 6.18 Å². The molecule has 0 amide bonds. The highest BCUT2D eigenvalue weighted by atomic mass is 35.5. The molecule has 25 heavy (non-hydrogen) atoms. The molecule has 1 N–H and O–H groups in total. The first-order valence-corrected chi connectivity index (χ1v) is 7.66. The topological polar surface area (TPSA) is 42.2 Å². The molecule has 126 valence electrons. The van der Waals surface area contributed by atoms with Crippen molar-refractivity contribution in [3.8, 4) is 0 Å². The maximum absolute atomic E-state index is 12.7. The SMILES string of the molecule is FC(F)(F)c1ccc(Nc2nc3ccc(Cl)cc3n3ccnc23)cc1. The van der Waals surface area contributed by atoms with Crippen molar-refractivity contribution in [1.82, 2.24) is 14.4 Å². The number of hydrogen-bond acceptors (Lipinski definition) is 3. The molecule has 0 bridgehead atoms.